The highest BCUT2D eigenvalue weighted by Crippen LogP contribution is 2.25. The monoisotopic (exact) mass is 435 g/mol. The summed E-state index contributed by atoms with van der Waals surface area (Å²) in [6.07, 6.45) is 1.02. The number of amides is 1. The Morgan fingerprint density at radius 1 is 1.39 bits per heavy atom. The van der Waals surface area contributed by atoms with E-state index >= 15 is 0 Å². The van der Waals surface area contributed by atoms with Gasteiger partial charge in [-0.05, 0) is 47.7 Å². The van der Waals surface area contributed by atoms with Crippen LogP contribution < -0.4 is 16.4 Å². The van der Waals surface area contributed by atoms with Crippen molar-refractivity contribution in [3.63, 3.8) is 0 Å². The molecule has 0 aliphatic heterocycles. The number of aromatic nitrogens is 1. The molecule has 0 unspecified atom stereocenters. The third-order valence-corrected chi connectivity index (χ3v) is 3.45. The van der Waals surface area contributed by atoms with Crippen LogP contribution in [0.5, 0.6) is 0 Å². The fraction of sp³-hybridized carbons (Fsp3) is 0.143. The molecule has 0 aliphatic carbocycles. The van der Waals surface area contributed by atoms with Gasteiger partial charge in [-0.15, -0.1) is 0 Å². The third kappa shape index (κ3) is 4.05. The predicted octanol–water partition coefficient (Wildman–Crippen LogP) is 2.68. The maximum Gasteiger partial charge on any atom is 0.286 e. The van der Waals surface area contributed by atoms with E-state index in [1.54, 1.807) is 13.0 Å². The number of carbonyl (C=O) groups is 1. The van der Waals surface area contributed by atoms with Gasteiger partial charge in [-0.1, -0.05) is 0 Å². The van der Waals surface area contributed by atoms with E-state index in [2.05, 4.69) is 15.8 Å². The smallest absolute Gasteiger partial charge is 0.286 e. The van der Waals surface area contributed by atoms with Crippen LogP contribution >= 0.6 is 22.6 Å². The van der Waals surface area contributed by atoms with Crippen molar-refractivity contribution in [3.05, 3.63) is 55.5 Å². The highest BCUT2D eigenvalue weighted by molar-refractivity contribution is 14.1. The summed E-state index contributed by atoms with van der Waals surface area (Å²) in [6.45, 7) is 1.85. The van der Waals surface area contributed by atoms with Gasteiger partial charge < -0.3 is 10.3 Å². The number of hydrogen-bond donors (Lipinski definition) is 3. The van der Waals surface area contributed by atoms with Crippen LogP contribution in [0.1, 0.15) is 17.3 Å². The molecule has 1 amide bonds. The summed E-state index contributed by atoms with van der Waals surface area (Å²) in [5, 5.41) is 2.44. The zero-order valence-electron chi connectivity index (χ0n) is 11.9. The summed E-state index contributed by atoms with van der Waals surface area (Å²) in [5.74, 6) is -2.66. The van der Waals surface area contributed by atoms with Gasteiger partial charge >= 0.3 is 0 Å². The van der Waals surface area contributed by atoms with E-state index in [0.717, 1.165) is 6.20 Å². The summed E-state index contributed by atoms with van der Waals surface area (Å²) in [7, 11) is 0. The molecule has 1 heterocycles. The standard InChI is InChI=1S/C14H12F2IN3O3/c1-2-23-20-13(21)8-6-18-14(22)11(16)12(8)19-10-4-3-7(17)5-9(10)15/h3-6H,2H2,1H3,(H,20,21)(H2,18,19,22). The van der Waals surface area contributed by atoms with Gasteiger partial charge in [0, 0.05) is 9.77 Å². The van der Waals surface area contributed by atoms with Crippen LogP contribution in [0.2, 0.25) is 0 Å². The van der Waals surface area contributed by atoms with Crippen LogP contribution in [0, 0.1) is 15.2 Å². The lowest BCUT2D eigenvalue weighted by molar-refractivity contribution is 0.0364. The predicted molar refractivity (Wildman–Crippen MR) is 88.5 cm³/mol. The van der Waals surface area contributed by atoms with E-state index < -0.39 is 28.8 Å². The van der Waals surface area contributed by atoms with Gasteiger partial charge in [-0.3, -0.25) is 14.4 Å². The summed E-state index contributed by atoms with van der Waals surface area (Å²) >= 11 is 1.92. The average molecular weight is 435 g/mol. The fourth-order valence-electron chi connectivity index (χ4n) is 1.72. The first kappa shape index (κ1) is 17.3. The van der Waals surface area contributed by atoms with Gasteiger partial charge in [0.1, 0.15) is 5.82 Å². The maximum atomic E-state index is 14.1. The quantitative estimate of drug-likeness (QED) is 0.499. The molecule has 0 saturated heterocycles. The molecule has 122 valence electrons. The Bertz CT molecular complexity index is 795. The van der Waals surface area contributed by atoms with E-state index in [0.29, 0.717) is 3.57 Å². The minimum atomic E-state index is -1.23. The number of anilines is 2. The van der Waals surface area contributed by atoms with Gasteiger partial charge in [-0.2, -0.15) is 4.39 Å². The zero-order chi connectivity index (χ0) is 17.0. The molecule has 0 spiro atoms. The van der Waals surface area contributed by atoms with Crippen LogP contribution in [-0.2, 0) is 4.84 Å². The van der Waals surface area contributed by atoms with Crippen molar-refractivity contribution in [1.82, 2.24) is 10.5 Å². The van der Waals surface area contributed by atoms with E-state index in [9.17, 15) is 18.4 Å². The Morgan fingerprint density at radius 2 is 2.13 bits per heavy atom. The largest absolute Gasteiger partial charge is 0.350 e. The van der Waals surface area contributed by atoms with E-state index in [1.807, 2.05) is 22.6 Å². The molecule has 2 rings (SSSR count). The maximum absolute atomic E-state index is 14.1. The minimum Gasteiger partial charge on any atom is -0.350 e. The van der Waals surface area contributed by atoms with Crippen molar-refractivity contribution >= 4 is 39.9 Å². The van der Waals surface area contributed by atoms with Crippen molar-refractivity contribution in [2.45, 2.75) is 6.92 Å². The molecule has 23 heavy (non-hydrogen) atoms. The molecular weight excluding hydrogens is 423 g/mol. The zero-order valence-corrected chi connectivity index (χ0v) is 14.0. The SMILES string of the molecule is CCONC(=O)c1c[nH]c(=O)c(F)c1Nc1ccc(I)cc1F. The van der Waals surface area contributed by atoms with Crippen molar-refractivity contribution in [3.8, 4) is 0 Å². The molecule has 2 aromatic rings. The van der Waals surface area contributed by atoms with Gasteiger partial charge in [0.15, 0.2) is 0 Å². The first-order valence-corrected chi connectivity index (χ1v) is 7.57. The summed E-state index contributed by atoms with van der Waals surface area (Å²) in [4.78, 5) is 30.2. The number of hydroxylamine groups is 1. The van der Waals surface area contributed by atoms with E-state index in [-0.39, 0.29) is 17.9 Å². The first-order valence-electron chi connectivity index (χ1n) is 6.49. The van der Waals surface area contributed by atoms with Crippen molar-refractivity contribution in [2.24, 2.45) is 0 Å². The number of carbonyl (C=O) groups excluding carboxylic acids is 1. The molecule has 0 aliphatic rings. The Labute approximate surface area is 143 Å². The Hall–Kier alpha value is -2.01. The van der Waals surface area contributed by atoms with Crippen LogP contribution in [0.25, 0.3) is 0 Å². The average Bonchev–Trinajstić information content (AvgIpc) is 2.52. The van der Waals surface area contributed by atoms with Crippen molar-refractivity contribution in [1.29, 1.82) is 0 Å². The molecule has 1 aromatic carbocycles. The minimum absolute atomic E-state index is 0.0691. The van der Waals surface area contributed by atoms with Crippen LogP contribution in [-0.4, -0.2) is 17.5 Å². The van der Waals surface area contributed by atoms with Gasteiger partial charge in [0.25, 0.3) is 11.5 Å². The lowest BCUT2D eigenvalue weighted by Crippen LogP contribution is -2.27. The Morgan fingerprint density at radius 3 is 2.78 bits per heavy atom. The van der Waals surface area contributed by atoms with E-state index in [4.69, 9.17) is 4.84 Å². The third-order valence-electron chi connectivity index (χ3n) is 2.78. The molecule has 0 bridgehead atoms. The number of nitrogens with one attached hydrogen (secondary N) is 3. The normalized spacial score (nSPS) is 10.4. The number of aromatic amines is 1. The number of rotatable bonds is 5. The second-order valence-corrected chi connectivity index (χ2v) is 5.58. The number of pyridine rings is 1. The second kappa shape index (κ2) is 7.51. The molecule has 1 aromatic heterocycles. The highest BCUT2D eigenvalue weighted by atomic mass is 127. The summed E-state index contributed by atoms with van der Waals surface area (Å²) < 4.78 is 28.6. The van der Waals surface area contributed by atoms with Gasteiger partial charge in [0.2, 0.25) is 5.82 Å². The number of hydrogen-bond acceptors (Lipinski definition) is 4. The molecule has 0 fully saturated rings. The number of halogens is 3. The fourth-order valence-corrected chi connectivity index (χ4v) is 2.18. The van der Waals surface area contributed by atoms with Crippen molar-refractivity contribution < 1.29 is 18.4 Å². The number of H-pyrrole nitrogens is 1. The van der Waals surface area contributed by atoms with Gasteiger partial charge in [-0.25, -0.2) is 9.87 Å². The molecular formula is C14H12F2IN3O3. The molecule has 0 radical (unpaired) electrons. The molecule has 6 nitrogen and oxygen atoms in total. The Balaban J connectivity index is 2.45. The van der Waals surface area contributed by atoms with E-state index in [1.165, 1.54) is 12.1 Å². The first-order chi connectivity index (χ1) is 10.9. The Kier molecular flexibility index (Phi) is 5.66. The highest BCUT2D eigenvalue weighted by Gasteiger charge is 2.19. The van der Waals surface area contributed by atoms with Crippen LogP contribution in [0.3, 0.4) is 0 Å². The topological polar surface area (TPSA) is 83.2 Å². The molecule has 0 saturated carbocycles. The summed E-state index contributed by atoms with van der Waals surface area (Å²) in [5.41, 5.74) is 0.311. The lowest BCUT2D eigenvalue weighted by atomic mass is 10.2. The van der Waals surface area contributed by atoms with Crippen LogP contribution in [0.15, 0.2) is 29.2 Å². The van der Waals surface area contributed by atoms with Crippen LogP contribution in [0.4, 0.5) is 20.2 Å². The molecule has 3 N–H and O–H groups in total. The lowest BCUT2D eigenvalue weighted by Gasteiger charge is -2.13. The van der Waals surface area contributed by atoms with Gasteiger partial charge in [0.05, 0.1) is 23.5 Å². The molecule has 9 heteroatoms. The summed E-state index contributed by atoms with van der Waals surface area (Å²) in [6, 6.07) is 4.20. The molecule has 0 atom stereocenters. The van der Waals surface area contributed by atoms with Crippen molar-refractivity contribution in [2.75, 3.05) is 11.9 Å². The number of benzene rings is 1. The second-order valence-electron chi connectivity index (χ2n) is 4.33.